The van der Waals surface area contributed by atoms with E-state index in [1.54, 1.807) is 6.07 Å². The topological polar surface area (TPSA) is 30.5 Å². The minimum absolute atomic E-state index is 0.131. The SMILES string of the molecule is FC(F)(F)Oc1cccc2c1NC(C1CCCCC1)C1CCCOC21. The lowest BCUT2D eigenvalue weighted by Crippen LogP contribution is -2.46. The van der Waals surface area contributed by atoms with E-state index in [-0.39, 0.29) is 17.9 Å². The highest BCUT2D eigenvalue weighted by Gasteiger charge is 2.44. The summed E-state index contributed by atoms with van der Waals surface area (Å²) in [7, 11) is 0. The van der Waals surface area contributed by atoms with Gasteiger partial charge in [-0.3, -0.25) is 0 Å². The summed E-state index contributed by atoms with van der Waals surface area (Å²) < 4.78 is 48.8. The average molecular weight is 355 g/mol. The van der Waals surface area contributed by atoms with Crippen molar-refractivity contribution >= 4 is 5.69 Å². The number of hydrogen-bond acceptors (Lipinski definition) is 3. The number of para-hydroxylation sites is 1. The molecule has 6 heteroatoms. The van der Waals surface area contributed by atoms with Crippen LogP contribution in [0, 0.1) is 11.8 Å². The molecule has 1 aliphatic carbocycles. The number of anilines is 1. The van der Waals surface area contributed by atoms with Crippen molar-refractivity contribution in [3.8, 4) is 5.75 Å². The van der Waals surface area contributed by atoms with E-state index in [2.05, 4.69) is 10.1 Å². The van der Waals surface area contributed by atoms with Gasteiger partial charge in [-0.2, -0.15) is 0 Å². The van der Waals surface area contributed by atoms with E-state index in [9.17, 15) is 13.2 Å². The molecule has 1 saturated carbocycles. The van der Waals surface area contributed by atoms with Gasteiger partial charge >= 0.3 is 6.36 Å². The van der Waals surface area contributed by atoms with E-state index in [4.69, 9.17) is 4.74 Å². The van der Waals surface area contributed by atoms with Crippen molar-refractivity contribution in [2.75, 3.05) is 11.9 Å². The maximum atomic E-state index is 12.8. The van der Waals surface area contributed by atoms with Crippen LogP contribution in [0.5, 0.6) is 5.75 Å². The maximum Gasteiger partial charge on any atom is 0.573 e. The van der Waals surface area contributed by atoms with Crippen molar-refractivity contribution < 1.29 is 22.6 Å². The number of alkyl halides is 3. The molecule has 0 aromatic heterocycles. The number of rotatable bonds is 2. The summed E-state index contributed by atoms with van der Waals surface area (Å²) in [5.41, 5.74) is 1.28. The molecule has 2 heterocycles. The molecule has 138 valence electrons. The third-order valence-electron chi connectivity index (χ3n) is 5.89. The number of halogens is 3. The summed E-state index contributed by atoms with van der Waals surface area (Å²) in [4.78, 5) is 0. The van der Waals surface area contributed by atoms with Crippen molar-refractivity contribution in [2.24, 2.45) is 11.8 Å². The van der Waals surface area contributed by atoms with Crippen LogP contribution in [0.25, 0.3) is 0 Å². The molecule has 2 aliphatic heterocycles. The van der Waals surface area contributed by atoms with E-state index in [0.717, 1.165) is 31.2 Å². The van der Waals surface area contributed by atoms with Crippen LogP contribution in [0.2, 0.25) is 0 Å². The average Bonchev–Trinajstić information content (AvgIpc) is 2.61. The van der Waals surface area contributed by atoms with E-state index in [0.29, 0.717) is 24.1 Å². The highest BCUT2D eigenvalue weighted by Crippen LogP contribution is 2.50. The highest BCUT2D eigenvalue weighted by molar-refractivity contribution is 5.65. The molecule has 4 rings (SSSR count). The molecule has 1 N–H and O–H groups in total. The normalized spacial score (nSPS) is 30.1. The molecule has 0 amide bonds. The van der Waals surface area contributed by atoms with Crippen molar-refractivity contribution in [3.63, 3.8) is 0 Å². The molecule has 3 aliphatic rings. The summed E-state index contributed by atoms with van der Waals surface area (Å²) in [6.07, 6.45) is 3.19. The maximum absolute atomic E-state index is 12.8. The third kappa shape index (κ3) is 3.46. The first-order chi connectivity index (χ1) is 12.0. The van der Waals surface area contributed by atoms with Crippen LogP contribution >= 0.6 is 0 Å². The van der Waals surface area contributed by atoms with E-state index in [1.807, 2.05) is 6.07 Å². The molecule has 1 aromatic rings. The number of hydrogen-bond donors (Lipinski definition) is 1. The van der Waals surface area contributed by atoms with Gasteiger partial charge in [0.1, 0.15) is 0 Å². The van der Waals surface area contributed by atoms with Crippen LogP contribution in [-0.4, -0.2) is 19.0 Å². The van der Waals surface area contributed by atoms with Crippen LogP contribution in [0.15, 0.2) is 18.2 Å². The van der Waals surface area contributed by atoms with E-state index >= 15 is 0 Å². The zero-order chi connectivity index (χ0) is 17.4. The van der Waals surface area contributed by atoms with Crippen LogP contribution in [-0.2, 0) is 4.74 Å². The first-order valence-corrected chi connectivity index (χ1v) is 9.30. The fourth-order valence-corrected chi connectivity index (χ4v) is 4.88. The number of fused-ring (bicyclic) bond motifs is 3. The Labute approximate surface area is 145 Å². The Morgan fingerprint density at radius 1 is 1.04 bits per heavy atom. The fourth-order valence-electron chi connectivity index (χ4n) is 4.88. The molecular formula is C19H24F3NO2. The molecule has 0 radical (unpaired) electrons. The molecule has 3 unspecified atom stereocenters. The largest absolute Gasteiger partial charge is 0.573 e. The van der Waals surface area contributed by atoms with Crippen molar-refractivity contribution in [3.05, 3.63) is 23.8 Å². The van der Waals surface area contributed by atoms with Gasteiger partial charge in [-0.15, -0.1) is 13.2 Å². The summed E-state index contributed by atoms with van der Waals surface area (Å²) >= 11 is 0. The van der Waals surface area contributed by atoms with Gasteiger partial charge in [0.05, 0.1) is 11.8 Å². The van der Waals surface area contributed by atoms with Crippen molar-refractivity contribution in [2.45, 2.75) is 63.5 Å². The van der Waals surface area contributed by atoms with E-state index in [1.165, 1.54) is 25.3 Å². The first kappa shape index (κ1) is 17.0. The van der Waals surface area contributed by atoms with Crippen molar-refractivity contribution in [1.29, 1.82) is 0 Å². The molecular weight excluding hydrogens is 331 g/mol. The van der Waals surface area contributed by atoms with Crippen LogP contribution in [0.4, 0.5) is 18.9 Å². The number of benzene rings is 1. The molecule has 25 heavy (non-hydrogen) atoms. The van der Waals surface area contributed by atoms with Crippen molar-refractivity contribution in [1.82, 2.24) is 0 Å². The van der Waals surface area contributed by atoms with Gasteiger partial charge < -0.3 is 14.8 Å². The van der Waals surface area contributed by atoms with E-state index < -0.39 is 6.36 Å². The Morgan fingerprint density at radius 2 is 1.84 bits per heavy atom. The number of ether oxygens (including phenoxy) is 2. The monoisotopic (exact) mass is 355 g/mol. The van der Waals surface area contributed by atoms with Gasteiger partial charge in [0, 0.05) is 24.1 Å². The molecule has 3 nitrogen and oxygen atoms in total. The number of nitrogens with one attached hydrogen (secondary N) is 1. The van der Waals surface area contributed by atoms with Gasteiger partial charge in [-0.25, -0.2) is 0 Å². The second-order valence-electron chi connectivity index (χ2n) is 7.43. The Morgan fingerprint density at radius 3 is 2.60 bits per heavy atom. The van der Waals surface area contributed by atoms with Crippen LogP contribution in [0.3, 0.4) is 0 Å². The lowest BCUT2D eigenvalue weighted by atomic mass is 9.71. The van der Waals surface area contributed by atoms with Gasteiger partial charge in [-0.1, -0.05) is 31.4 Å². The second-order valence-corrected chi connectivity index (χ2v) is 7.43. The smallest absolute Gasteiger partial charge is 0.404 e. The van der Waals surface area contributed by atoms with Gasteiger partial charge in [-0.05, 0) is 37.7 Å². The lowest BCUT2D eigenvalue weighted by molar-refractivity contribution is -0.274. The molecule has 1 aromatic carbocycles. The van der Waals surface area contributed by atoms with Crippen LogP contribution < -0.4 is 10.1 Å². The lowest BCUT2D eigenvalue weighted by Gasteiger charge is -2.47. The first-order valence-electron chi connectivity index (χ1n) is 9.30. The molecule has 0 bridgehead atoms. The predicted octanol–water partition coefficient (Wildman–Crippen LogP) is 5.43. The standard InChI is InChI=1S/C19H24F3NO2/c20-19(21,22)25-15-10-4-8-14-17(15)23-16(12-6-2-1-3-7-12)13-9-5-11-24-18(13)14/h4,8,10,12-13,16,18,23H,1-3,5-7,9,11H2. The summed E-state index contributed by atoms with van der Waals surface area (Å²) in [6, 6.07) is 5.04. The Hall–Kier alpha value is -1.43. The molecule has 3 atom stereocenters. The second kappa shape index (κ2) is 6.71. The Bertz CT molecular complexity index is 613. The minimum atomic E-state index is -4.69. The van der Waals surface area contributed by atoms with Gasteiger partial charge in [0.2, 0.25) is 0 Å². The summed E-state index contributed by atoms with van der Waals surface area (Å²) in [5, 5.41) is 3.45. The highest BCUT2D eigenvalue weighted by atomic mass is 19.4. The third-order valence-corrected chi connectivity index (χ3v) is 5.89. The summed E-state index contributed by atoms with van der Waals surface area (Å²) in [5.74, 6) is 0.680. The summed E-state index contributed by atoms with van der Waals surface area (Å²) in [6.45, 7) is 0.669. The minimum Gasteiger partial charge on any atom is -0.404 e. The van der Waals surface area contributed by atoms with Gasteiger partial charge in [0.25, 0.3) is 0 Å². The predicted molar refractivity (Wildman–Crippen MR) is 88.5 cm³/mol. The zero-order valence-electron chi connectivity index (χ0n) is 14.1. The zero-order valence-corrected chi connectivity index (χ0v) is 14.1. The Balaban J connectivity index is 1.70. The Kier molecular flexibility index (Phi) is 4.56. The molecule has 1 saturated heterocycles. The molecule has 0 spiro atoms. The van der Waals surface area contributed by atoms with Crippen LogP contribution in [0.1, 0.15) is 56.6 Å². The quantitative estimate of drug-likeness (QED) is 0.768. The van der Waals surface area contributed by atoms with Gasteiger partial charge in [0.15, 0.2) is 5.75 Å². The fraction of sp³-hybridized carbons (Fsp3) is 0.684. The molecule has 2 fully saturated rings.